The molecule has 0 saturated carbocycles. The highest BCUT2D eigenvalue weighted by Gasteiger charge is 2.03. The molecule has 2 heterocycles. The van der Waals surface area contributed by atoms with Crippen molar-refractivity contribution in [3.05, 3.63) is 35.0 Å². The second-order valence-corrected chi connectivity index (χ2v) is 3.45. The maximum Gasteiger partial charge on any atom is 0.345 e. The first-order valence-electron chi connectivity index (χ1n) is 4.73. The molecular formula is C9H13N5O. The van der Waals surface area contributed by atoms with Crippen molar-refractivity contribution >= 4 is 0 Å². The number of hydrogen-bond donors (Lipinski definition) is 0. The molecule has 6 heteroatoms. The highest BCUT2D eigenvalue weighted by atomic mass is 16.2. The van der Waals surface area contributed by atoms with Gasteiger partial charge in [0.05, 0.1) is 6.54 Å². The van der Waals surface area contributed by atoms with Crippen molar-refractivity contribution in [2.75, 3.05) is 0 Å². The summed E-state index contributed by atoms with van der Waals surface area (Å²) in [4.78, 5) is 15.6. The molecule has 0 radical (unpaired) electrons. The zero-order chi connectivity index (χ0) is 10.8. The van der Waals surface area contributed by atoms with Gasteiger partial charge in [0.15, 0.2) is 0 Å². The molecule has 0 unspecified atom stereocenters. The van der Waals surface area contributed by atoms with Crippen molar-refractivity contribution in [1.82, 2.24) is 23.9 Å². The Morgan fingerprint density at radius 3 is 2.67 bits per heavy atom. The van der Waals surface area contributed by atoms with E-state index in [9.17, 15) is 4.79 Å². The van der Waals surface area contributed by atoms with Crippen LogP contribution in [0.2, 0.25) is 0 Å². The summed E-state index contributed by atoms with van der Waals surface area (Å²) < 4.78 is 4.83. The lowest BCUT2D eigenvalue weighted by Gasteiger charge is -2.00. The van der Waals surface area contributed by atoms with Gasteiger partial charge in [-0.05, 0) is 0 Å². The summed E-state index contributed by atoms with van der Waals surface area (Å²) in [6.45, 7) is 0.560. The summed E-state index contributed by atoms with van der Waals surface area (Å²) >= 11 is 0. The molecule has 2 rings (SSSR count). The Morgan fingerprint density at radius 1 is 1.33 bits per heavy atom. The molecule has 0 amide bonds. The van der Waals surface area contributed by atoms with Crippen LogP contribution in [-0.4, -0.2) is 23.9 Å². The molecule has 0 bridgehead atoms. The molecule has 0 aliphatic rings. The summed E-state index contributed by atoms with van der Waals surface area (Å²) in [7, 11) is 3.62. The molecule has 6 nitrogen and oxygen atoms in total. The zero-order valence-corrected chi connectivity index (χ0v) is 8.79. The van der Waals surface area contributed by atoms with E-state index in [2.05, 4.69) is 10.1 Å². The first-order valence-corrected chi connectivity index (χ1v) is 4.73. The summed E-state index contributed by atoms with van der Waals surface area (Å²) in [6.07, 6.45) is 5.86. The van der Waals surface area contributed by atoms with Crippen LogP contribution in [0, 0.1) is 0 Å². The molecule has 0 spiro atoms. The summed E-state index contributed by atoms with van der Waals surface area (Å²) in [5.41, 5.74) is -0.0933. The minimum atomic E-state index is -0.0933. The molecule has 0 aliphatic heterocycles. The first-order chi connectivity index (χ1) is 7.18. The molecule has 0 fully saturated rings. The third kappa shape index (κ3) is 1.83. The van der Waals surface area contributed by atoms with E-state index in [0.29, 0.717) is 13.0 Å². The molecule has 0 atom stereocenters. The van der Waals surface area contributed by atoms with Gasteiger partial charge in [0, 0.05) is 32.9 Å². The Bertz CT molecular complexity index is 507. The summed E-state index contributed by atoms with van der Waals surface area (Å²) in [6, 6.07) is 0. The van der Waals surface area contributed by atoms with Gasteiger partial charge in [0.2, 0.25) is 0 Å². The Labute approximate surface area is 86.8 Å². The van der Waals surface area contributed by atoms with E-state index < -0.39 is 0 Å². The lowest BCUT2D eigenvalue weighted by atomic mass is 10.4. The predicted molar refractivity (Wildman–Crippen MR) is 54.4 cm³/mol. The van der Waals surface area contributed by atoms with Crippen LogP contribution in [0.3, 0.4) is 0 Å². The van der Waals surface area contributed by atoms with Crippen molar-refractivity contribution in [3.63, 3.8) is 0 Å². The Hall–Kier alpha value is -1.85. The maximum atomic E-state index is 11.4. The normalized spacial score (nSPS) is 10.8. The van der Waals surface area contributed by atoms with E-state index >= 15 is 0 Å². The van der Waals surface area contributed by atoms with Crippen LogP contribution >= 0.6 is 0 Å². The van der Waals surface area contributed by atoms with Gasteiger partial charge in [-0.2, -0.15) is 5.10 Å². The zero-order valence-electron chi connectivity index (χ0n) is 8.79. The standard InChI is InChI=1S/C9H13N5O/c1-12-6-4-10-8(12)3-5-14-9(15)13(2)7-11-14/h4,6-7H,3,5H2,1-2H3. The minimum Gasteiger partial charge on any atom is -0.338 e. The van der Waals surface area contributed by atoms with Crippen molar-refractivity contribution in [2.24, 2.45) is 14.1 Å². The quantitative estimate of drug-likeness (QED) is 0.685. The second-order valence-electron chi connectivity index (χ2n) is 3.45. The number of aryl methyl sites for hydroxylation is 4. The molecule has 0 aliphatic carbocycles. The summed E-state index contributed by atoms with van der Waals surface area (Å²) in [5, 5.41) is 3.97. The fraction of sp³-hybridized carbons (Fsp3) is 0.444. The third-order valence-corrected chi connectivity index (χ3v) is 2.35. The molecule has 80 valence electrons. The number of rotatable bonds is 3. The van der Waals surface area contributed by atoms with Gasteiger partial charge >= 0.3 is 5.69 Å². The Morgan fingerprint density at radius 2 is 2.13 bits per heavy atom. The van der Waals surface area contributed by atoms with E-state index in [1.165, 1.54) is 15.6 Å². The van der Waals surface area contributed by atoms with Crippen molar-refractivity contribution in [3.8, 4) is 0 Å². The molecule has 15 heavy (non-hydrogen) atoms. The van der Waals surface area contributed by atoms with E-state index in [-0.39, 0.29) is 5.69 Å². The van der Waals surface area contributed by atoms with Crippen LogP contribution in [0.25, 0.3) is 0 Å². The van der Waals surface area contributed by atoms with Crippen molar-refractivity contribution < 1.29 is 0 Å². The predicted octanol–water partition coefficient (Wildman–Crippen LogP) is -0.442. The van der Waals surface area contributed by atoms with Gasteiger partial charge in [0.1, 0.15) is 12.2 Å². The SMILES string of the molecule is Cn1ccnc1CCn1ncn(C)c1=O. The smallest absolute Gasteiger partial charge is 0.338 e. The number of nitrogens with zero attached hydrogens (tertiary/aromatic N) is 5. The van der Waals surface area contributed by atoms with Gasteiger partial charge in [-0.3, -0.25) is 4.57 Å². The van der Waals surface area contributed by atoms with Gasteiger partial charge in [-0.1, -0.05) is 0 Å². The van der Waals surface area contributed by atoms with Gasteiger partial charge in [-0.15, -0.1) is 0 Å². The number of hydrogen-bond acceptors (Lipinski definition) is 3. The topological polar surface area (TPSA) is 57.6 Å². The van der Waals surface area contributed by atoms with Crippen molar-refractivity contribution in [2.45, 2.75) is 13.0 Å². The molecule has 0 N–H and O–H groups in total. The van der Waals surface area contributed by atoms with E-state index in [1.54, 1.807) is 13.2 Å². The fourth-order valence-corrected chi connectivity index (χ4v) is 1.42. The Kier molecular flexibility index (Phi) is 2.40. The van der Waals surface area contributed by atoms with Crippen LogP contribution in [0.5, 0.6) is 0 Å². The first kappa shape index (κ1) is 9.70. The summed E-state index contributed by atoms with van der Waals surface area (Å²) in [5.74, 6) is 0.951. The van der Waals surface area contributed by atoms with Crippen molar-refractivity contribution in [1.29, 1.82) is 0 Å². The molecule has 2 aromatic rings. The molecular weight excluding hydrogens is 194 g/mol. The van der Waals surface area contributed by atoms with E-state index in [4.69, 9.17) is 0 Å². The molecule has 2 aromatic heterocycles. The third-order valence-electron chi connectivity index (χ3n) is 2.35. The average molecular weight is 207 g/mol. The minimum absolute atomic E-state index is 0.0933. The van der Waals surface area contributed by atoms with Crippen LogP contribution in [-0.2, 0) is 27.1 Å². The van der Waals surface area contributed by atoms with Gasteiger partial charge < -0.3 is 4.57 Å². The monoisotopic (exact) mass is 207 g/mol. The van der Waals surface area contributed by atoms with Crippen LogP contribution in [0.15, 0.2) is 23.5 Å². The van der Waals surface area contributed by atoms with Gasteiger partial charge in [-0.25, -0.2) is 14.5 Å². The molecule has 0 aromatic carbocycles. The fourth-order valence-electron chi connectivity index (χ4n) is 1.42. The van der Waals surface area contributed by atoms with Crippen LogP contribution < -0.4 is 5.69 Å². The lowest BCUT2D eigenvalue weighted by molar-refractivity contribution is 0.565. The number of aromatic nitrogens is 5. The largest absolute Gasteiger partial charge is 0.345 e. The second kappa shape index (κ2) is 3.72. The lowest BCUT2D eigenvalue weighted by Crippen LogP contribution is -2.24. The van der Waals surface area contributed by atoms with Gasteiger partial charge in [0.25, 0.3) is 0 Å². The average Bonchev–Trinajstić information content (AvgIpc) is 2.74. The van der Waals surface area contributed by atoms with Crippen LogP contribution in [0.4, 0.5) is 0 Å². The van der Waals surface area contributed by atoms with E-state index in [1.807, 2.05) is 17.8 Å². The maximum absolute atomic E-state index is 11.4. The Balaban J connectivity index is 2.09. The van der Waals surface area contributed by atoms with E-state index in [0.717, 1.165) is 5.82 Å². The highest BCUT2D eigenvalue weighted by Crippen LogP contribution is 1.96. The number of imidazole rings is 1. The molecule has 0 saturated heterocycles. The highest BCUT2D eigenvalue weighted by molar-refractivity contribution is 4.90. The van der Waals surface area contributed by atoms with Crippen LogP contribution in [0.1, 0.15) is 5.82 Å².